The lowest BCUT2D eigenvalue weighted by Gasteiger charge is -2.35. The zero-order chi connectivity index (χ0) is 25.4. The van der Waals surface area contributed by atoms with Gasteiger partial charge in [-0.05, 0) is 25.5 Å². The molecule has 3 atom stereocenters. The van der Waals surface area contributed by atoms with Crippen LogP contribution in [0.5, 0.6) is 5.75 Å². The Hall–Kier alpha value is -3.18. The smallest absolute Gasteiger partial charge is 0.321 e. The first kappa shape index (κ1) is 26.4. The van der Waals surface area contributed by atoms with Crippen molar-refractivity contribution >= 4 is 17.6 Å². The van der Waals surface area contributed by atoms with Gasteiger partial charge in [-0.15, -0.1) is 5.10 Å². The summed E-state index contributed by atoms with van der Waals surface area (Å²) in [6.45, 7) is 5.18. The van der Waals surface area contributed by atoms with Gasteiger partial charge in [0.05, 0.1) is 44.4 Å². The van der Waals surface area contributed by atoms with E-state index in [4.69, 9.17) is 9.47 Å². The molecule has 35 heavy (non-hydrogen) atoms. The highest BCUT2D eigenvalue weighted by Gasteiger charge is 2.29. The number of anilines is 1. The first-order valence-corrected chi connectivity index (χ1v) is 11.9. The van der Waals surface area contributed by atoms with Crippen LogP contribution in [0.2, 0.25) is 0 Å². The van der Waals surface area contributed by atoms with Gasteiger partial charge < -0.3 is 29.7 Å². The van der Waals surface area contributed by atoms with Crippen LogP contribution in [-0.2, 0) is 22.7 Å². The number of hydrogen-bond donors (Lipinski definition) is 2. The number of aromatic nitrogens is 3. The molecule has 3 amide bonds. The van der Waals surface area contributed by atoms with Gasteiger partial charge in [-0.3, -0.25) is 9.48 Å². The van der Waals surface area contributed by atoms with Crippen LogP contribution >= 0.6 is 0 Å². The summed E-state index contributed by atoms with van der Waals surface area (Å²) >= 11 is 0. The van der Waals surface area contributed by atoms with Crippen molar-refractivity contribution in [3.8, 4) is 5.75 Å². The van der Waals surface area contributed by atoms with Crippen molar-refractivity contribution in [1.29, 1.82) is 0 Å². The molecule has 2 bridgehead atoms. The fraction of sp³-hybridized carbons (Fsp3) is 0.583. The number of ether oxygens (including phenoxy) is 2. The molecule has 11 heteroatoms. The maximum absolute atomic E-state index is 13.0. The molecule has 0 fully saturated rings. The molecule has 2 aromatic rings. The molecule has 192 valence electrons. The van der Waals surface area contributed by atoms with Crippen molar-refractivity contribution in [2.45, 2.75) is 52.0 Å². The summed E-state index contributed by atoms with van der Waals surface area (Å²) in [7, 11) is 3.24. The highest BCUT2D eigenvalue weighted by Crippen LogP contribution is 2.24. The van der Waals surface area contributed by atoms with Gasteiger partial charge in [0.1, 0.15) is 11.4 Å². The lowest BCUT2D eigenvalue weighted by atomic mass is 10.0. The largest absolute Gasteiger partial charge is 0.495 e. The predicted molar refractivity (Wildman–Crippen MR) is 130 cm³/mol. The summed E-state index contributed by atoms with van der Waals surface area (Å²) in [5.74, 6) is 0.417. The number of amides is 3. The van der Waals surface area contributed by atoms with E-state index in [-0.39, 0.29) is 43.7 Å². The second kappa shape index (κ2) is 12.5. The van der Waals surface area contributed by atoms with Crippen LogP contribution in [0, 0.1) is 5.92 Å². The summed E-state index contributed by atoms with van der Waals surface area (Å²) in [4.78, 5) is 29.2. The van der Waals surface area contributed by atoms with Crippen molar-refractivity contribution in [3.05, 3.63) is 36.2 Å². The number of benzene rings is 1. The Morgan fingerprint density at radius 1 is 1.40 bits per heavy atom. The second-order valence-corrected chi connectivity index (χ2v) is 8.99. The minimum Gasteiger partial charge on any atom is -0.495 e. The van der Waals surface area contributed by atoms with Gasteiger partial charge in [0.25, 0.3) is 0 Å². The number of likely N-dealkylation sites (N-methyl/N-ethyl adjacent to an activating group) is 1. The molecule has 3 rings (SSSR count). The van der Waals surface area contributed by atoms with E-state index in [9.17, 15) is 14.7 Å². The monoisotopic (exact) mass is 488 g/mol. The van der Waals surface area contributed by atoms with Gasteiger partial charge in [0, 0.05) is 39.0 Å². The maximum atomic E-state index is 13.0. The quantitative estimate of drug-likeness (QED) is 0.637. The Morgan fingerprint density at radius 2 is 2.17 bits per heavy atom. The van der Waals surface area contributed by atoms with Gasteiger partial charge in [-0.1, -0.05) is 24.3 Å². The molecule has 0 saturated heterocycles. The molecule has 1 aliphatic rings. The highest BCUT2D eigenvalue weighted by atomic mass is 16.5. The number of nitrogens with one attached hydrogen (secondary N) is 1. The molecule has 0 unspecified atom stereocenters. The van der Waals surface area contributed by atoms with Gasteiger partial charge in [-0.25, -0.2) is 4.79 Å². The topological polar surface area (TPSA) is 122 Å². The molecule has 1 aromatic carbocycles. The molecule has 0 aliphatic carbocycles. The minimum atomic E-state index is -0.393. The summed E-state index contributed by atoms with van der Waals surface area (Å²) in [6, 6.07) is 6.57. The van der Waals surface area contributed by atoms with Crippen LogP contribution in [0.1, 0.15) is 32.4 Å². The molecule has 0 radical (unpaired) electrons. The number of aliphatic hydroxyl groups excluding tert-OH is 1. The Kier molecular flexibility index (Phi) is 9.44. The number of carbonyl (C=O) groups excluding carboxylic acids is 2. The van der Waals surface area contributed by atoms with Crippen LogP contribution < -0.4 is 10.1 Å². The number of carbonyl (C=O) groups is 2. The Morgan fingerprint density at radius 3 is 2.91 bits per heavy atom. The van der Waals surface area contributed by atoms with Crippen LogP contribution in [0.25, 0.3) is 0 Å². The highest BCUT2D eigenvalue weighted by molar-refractivity contribution is 5.90. The molecule has 0 spiro atoms. The van der Waals surface area contributed by atoms with E-state index in [1.54, 1.807) is 40.8 Å². The van der Waals surface area contributed by atoms with Crippen molar-refractivity contribution in [2.24, 2.45) is 5.92 Å². The Bertz CT molecular complexity index is 983. The van der Waals surface area contributed by atoms with Crippen molar-refractivity contribution in [2.75, 3.05) is 39.2 Å². The number of aliphatic hydroxyl groups is 1. The third kappa shape index (κ3) is 7.15. The van der Waals surface area contributed by atoms with Crippen LogP contribution in [0.15, 0.2) is 30.5 Å². The van der Waals surface area contributed by atoms with E-state index in [1.807, 2.05) is 32.2 Å². The van der Waals surface area contributed by atoms with Gasteiger partial charge in [0.15, 0.2) is 0 Å². The molecule has 2 N–H and O–H groups in total. The summed E-state index contributed by atoms with van der Waals surface area (Å²) in [5, 5.41) is 20.9. The average Bonchev–Trinajstić information content (AvgIpc) is 3.31. The lowest BCUT2D eigenvalue weighted by molar-refractivity contribution is -0.136. The number of nitrogens with zero attached hydrogens (tertiary/aromatic N) is 5. The third-order valence-corrected chi connectivity index (χ3v) is 6.19. The number of fused-ring (bicyclic) bond motifs is 2. The van der Waals surface area contributed by atoms with E-state index in [2.05, 4.69) is 15.6 Å². The minimum absolute atomic E-state index is 0.0287. The molecule has 2 heterocycles. The zero-order valence-electron chi connectivity index (χ0n) is 20.9. The van der Waals surface area contributed by atoms with E-state index in [1.165, 1.54) is 0 Å². The first-order valence-electron chi connectivity index (χ1n) is 11.9. The first-order chi connectivity index (χ1) is 16.8. The lowest BCUT2D eigenvalue weighted by Crippen LogP contribution is -2.48. The van der Waals surface area contributed by atoms with Gasteiger partial charge >= 0.3 is 6.03 Å². The van der Waals surface area contributed by atoms with E-state index < -0.39 is 6.10 Å². The third-order valence-electron chi connectivity index (χ3n) is 6.19. The fourth-order valence-electron chi connectivity index (χ4n) is 4.00. The summed E-state index contributed by atoms with van der Waals surface area (Å²) in [6.07, 6.45) is 2.39. The Balaban J connectivity index is 1.76. The van der Waals surface area contributed by atoms with E-state index in [0.717, 1.165) is 0 Å². The van der Waals surface area contributed by atoms with Crippen molar-refractivity contribution in [1.82, 2.24) is 24.8 Å². The normalized spacial score (nSPS) is 20.3. The van der Waals surface area contributed by atoms with Gasteiger partial charge in [-0.2, -0.15) is 0 Å². The zero-order valence-corrected chi connectivity index (χ0v) is 20.9. The number of aryl methyl sites for hydroxylation is 1. The molecular weight excluding hydrogens is 452 g/mol. The summed E-state index contributed by atoms with van der Waals surface area (Å²) in [5.41, 5.74) is 1.26. The summed E-state index contributed by atoms with van der Waals surface area (Å²) < 4.78 is 13.2. The fourth-order valence-corrected chi connectivity index (χ4v) is 4.00. The average molecular weight is 489 g/mol. The van der Waals surface area contributed by atoms with Crippen molar-refractivity contribution < 1.29 is 24.2 Å². The number of para-hydroxylation sites is 2. The van der Waals surface area contributed by atoms with Crippen molar-refractivity contribution in [3.63, 3.8) is 0 Å². The molecule has 1 aliphatic heterocycles. The molecule has 0 saturated carbocycles. The standard InChI is InChI=1S/C24H36N6O5/c1-17-12-30(18(2)15-31)23(32)10-7-11-29-13-19(26-27-29)16-35-22(17)14-28(3)24(33)25-20-8-5-6-9-21(20)34-4/h5-6,8-9,13,17-18,22,31H,7,10-12,14-16H2,1-4H3,(H,25,33)/t17-,18+,22-/m0/s1. The van der Waals surface area contributed by atoms with E-state index in [0.29, 0.717) is 43.1 Å². The van der Waals surface area contributed by atoms with Crippen LogP contribution in [0.4, 0.5) is 10.5 Å². The maximum Gasteiger partial charge on any atom is 0.321 e. The number of rotatable bonds is 6. The van der Waals surface area contributed by atoms with Gasteiger partial charge in [0.2, 0.25) is 5.91 Å². The molecule has 11 nitrogen and oxygen atoms in total. The predicted octanol–water partition coefficient (Wildman–Crippen LogP) is 1.98. The number of hydrogen-bond acceptors (Lipinski definition) is 7. The second-order valence-electron chi connectivity index (χ2n) is 8.99. The Labute approximate surface area is 206 Å². The number of urea groups is 1. The molecular formula is C24H36N6O5. The van der Waals surface area contributed by atoms with E-state index >= 15 is 0 Å². The van der Waals surface area contributed by atoms with Crippen LogP contribution in [-0.4, -0.2) is 87.8 Å². The number of methoxy groups -OCH3 is 1. The SMILES string of the molecule is COc1ccccc1NC(=O)N(C)C[C@@H]1OCc2cn(nn2)CCCC(=O)N([C@H](C)CO)C[C@@H]1C. The molecule has 1 aromatic heterocycles. The van der Waals surface area contributed by atoms with Crippen LogP contribution in [0.3, 0.4) is 0 Å².